The molecule has 0 aliphatic heterocycles. The van der Waals surface area contributed by atoms with Crippen LogP contribution in [-0.2, 0) is 0 Å². The van der Waals surface area contributed by atoms with E-state index in [0.717, 1.165) is 22.4 Å². The predicted octanol–water partition coefficient (Wildman–Crippen LogP) is 5.47. The number of fused-ring (bicyclic) bond motifs is 1. The number of aromatic nitrogens is 1. The zero-order chi connectivity index (χ0) is 17.8. The first-order valence-corrected chi connectivity index (χ1v) is 8.28. The molecule has 4 rings (SSSR count). The van der Waals surface area contributed by atoms with Crippen molar-refractivity contribution in [2.45, 2.75) is 0 Å². The van der Waals surface area contributed by atoms with Crippen LogP contribution in [0.3, 0.4) is 0 Å². The number of para-hydroxylation sites is 2. The molecule has 0 aliphatic carbocycles. The lowest BCUT2D eigenvalue weighted by Gasteiger charge is -2.02. The van der Waals surface area contributed by atoms with E-state index in [1.165, 1.54) is 0 Å². The minimum absolute atomic E-state index is 0.0396. The van der Waals surface area contributed by atoms with Gasteiger partial charge in [0.25, 0.3) is 6.01 Å². The molecule has 0 spiro atoms. The molecule has 0 fully saturated rings. The Kier molecular flexibility index (Phi) is 4.31. The number of benzene rings is 3. The van der Waals surface area contributed by atoms with Crippen molar-refractivity contribution in [3.63, 3.8) is 0 Å². The summed E-state index contributed by atoms with van der Waals surface area (Å²) in [5.41, 5.74) is 3.95. The third-order valence-electron chi connectivity index (χ3n) is 3.94. The van der Waals surface area contributed by atoms with Crippen molar-refractivity contribution >= 4 is 34.7 Å². The molecular weight excluding hydrogens is 324 g/mol. The zero-order valence-corrected chi connectivity index (χ0v) is 13.9. The number of nitrogens with one attached hydrogen (secondary N) is 1. The summed E-state index contributed by atoms with van der Waals surface area (Å²) in [4.78, 5) is 16.6. The predicted molar refractivity (Wildman–Crippen MR) is 104 cm³/mol. The van der Waals surface area contributed by atoms with Gasteiger partial charge in [-0.05, 0) is 48.0 Å². The average Bonchev–Trinajstić information content (AvgIpc) is 3.10. The Labute approximate surface area is 150 Å². The van der Waals surface area contributed by atoms with Crippen LogP contribution >= 0.6 is 0 Å². The van der Waals surface area contributed by atoms with E-state index in [2.05, 4.69) is 10.3 Å². The molecule has 0 bridgehead atoms. The monoisotopic (exact) mass is 340 g/mol. The number of nitrogens with zero attached hydrogens (tertiary/aromatic N) is 1. The van der Waals surface area contributed by atoms with Gasteiger partial charge in [0.2, 0.25) is 0 Å². The van der Waals surface area contributed by atoms with Gasteiger partial charge >= 0.3 is 0 Å². The SMILES string of the molecule is O=C(/C=C/c1ccccc1)c1ccc(Nc2nc3ccccc3o2)cc1. The first-order chi connectivity index (χ1) is 12.8. The maximum atomic E-state index is 12.3. The molecule has 0 atom stereocenters. The summed E-state index contributed by atoms with van der Waals surface area (Å²) in [5.74, 6) is -0.0396. The number of anilines is 2. The second-order valence-corrected chi connectivity index (χ2v) is 5.80. The summed E-state index contributed by atoms with van der Waals surface area (Å²) in [6.07, 6.45) is 3.39. The summed E-state index contributed by atoms with van der Waals surface area (Å²) >= 11 is 0. The van der Waals surface area contributed by atoms with Crippen LogP contribution in [0.1, 0.15) is 15.9 Å². The van der Waals surface area contributed by atoms with E-state index in [0.29, 0.717) is 11.6 Å². The number of rotatable bonds is 5. The molecular formula is C22H16N2O2. The molecule has 26 heavy (non-hydrogen) atoms. The van der Waals surface area contributed by atoms with Crippen LogP contribution in [0.25, 0.3) is 17.2 Å². The van der Waals surface area contributed by atoms with Crippen molar-refractivity contribution in [2.75, 3.05) is 5.32 Å². The highest BCUT2D eigenvalue weighted by atomic mass is 16.4. The van der Waals surface area contributed by atoms with Crippen LogP contribution in [-0.4, -0.2) is 10.8 Å². The zero-order valence-electron chi connectivity index (χ0n) is 13.9. The third-order valence-corrected chi connectivity index (χ3v) is 3.94. The molecule has 4 nitrogen and oxygen atoms in total. The Morgan fingerprint density at radius 2 is 1.62 bits per heavy atom. The van der Waals surface area contributed by atoms with Crippen LogP contribution in [0.5, 0.6) is 0 Å². The van der Waals surface area contributed by atoms with Gasteiger partial charge in [0, 0.05) is 11.3 Å². The van der Waals surface area contributed by atoms with Crippen LogP contribution < -0.4 is 5.32 Å². The lowest BCUT2D eigenvalue weighted by atomic mass is 10.1. The fourth-order valence-electron chi connectivity index (χ4n) is 2.60. The van der Waals surface area contributed by atoms with Gasteiger partial charge in [-0.25, -0.2) is 0 Å². The van der Waals surface area contributed by atoms with E-state index in [1.54, 1.807) is 18.2 Å². The van der Waals surface area contributed by atoms with Crippen molar-refractivity contribution in [1.29, 1.82) is 0 Å². The molecule has 0 saturated heterocycles. The third kappa shape index (κ3) is 3.54. The molecule has 3 aromatic carbocycles. The summed E-state index contributed by atoms with van der Waals surface area (Å²) < 4.78 is 5.64. The number of carbonyl (C=O) groups is 1. The van der Waals surface area contributed by atoms with E-state index in [4.69, 9.17) is 4.42 Å². The maximum absolute atomic E-state index is 12.3. The van der Waals surface area contributed by atoms with Gasteiger partial charge in [0.05, 0.1) is 0 Å². The van der Waals surface area contributed by atoms with Crippen molar-refractivity contribution in [3.05, 3.63) is 96.1 Å². The van der Waals surface area contributed by atoms with E-state index in [-0.39, 0.29) is 5.78 Å². The Bertz CT molecular complexity index is 1030. The number of ketones is 1. The molecule has 0 saturated carbocycles. The standard InChI is InChI=1S/C22H16N2O2/c25-20(15-10-16-6-2-1-3-7-16)17-11-13-18(14-12-17)23-22-24-19-8-4-5-9-21(19)26-22/h1-15H,(H,23,24)/b15-10+. The highest BCUT2D eigenvalue weighted by Gasteiger charge is 2.06. The van der Waals surface area contributed by atoms with Gasteiger partial charge in [0.15, 0.2) is 11.4 Å². The van der Waals surface area contributed by atoms with Crippen LogP contribution in [0.2, 0.25) is 0 Å². The normalized spacial score (nSPS) is 11.1. The average molecular weight is 340 g/mol. The first-order valence-electron chi connectivity index (χ1n) is 8.28. The Morgan fingerprint density at radius 1 is 0.885 bits per heavy atom. The van der Waals surface area contributed by atoms with Gasteiger partial charge in [-0.1, -0.05) is 48.5 Å². The molecule has 0 amide bonds. The van der Waals surface area contributed by atoms with Crippen LogP contribution in [0, 0.1) is 0 Å². The Balaban J connectivity index is 1.46. The van der Waals surface area contributed by atoms with E-state index in [1.807, 2.05) is 72.8 Å². The van der Waals surface area contributed by atoms with E-state index in [9.17, 15) is 4.79 Å². The number of hydrogen-bond acceptors (Lipinski definition) is 4. The summed E-state index contributed by atoms with van der Waals surface area (Å²) in [6.45, 7) is 0. The quantitative estimate of drug-likeness (QED) is 0.387. The lowest BCUT2D eigenvalue weighted by molar-refractivity contribution is 0.104. The van der Waals surface area contributed by atoms with Gasteiger partial charge in [-0.3, -0.25) is 4.79 Å². The number of hydrogen-bond donors (Lipinski definition) is 1. The number of allylic oxidation sites excluding steroid dienone is 1. The van der Waals surface area contributed by atoms with Crippen molar-refractivity contribution < 1.29 is 9.21 Å². The fourth-order valence-corrected chi connectivity index (χ4v) is 2.60. The smallest absolute Gasteiger partial charge is 0.300 e. The van der Waals surface area contributed by atoms with Crippen molar-refractivity contribution in [1.82, 2.24) is 4.98 Å². The van der Waals surface area contributed by atoms with Gasteiger partial charge in [-0.15, -0.1) is 0 Å². The topological polar surface area (TPSA) is 55.1 Å². The molecule has 1 aromatic heterocycles. The van der Waals surface area contributed by atoms with Crippen molar-refractivity contribution in [3.8, 4) is 0 Å². The molecule has 0 unspecified atom stereocenters. The highest BCUT2D eigenvalue weighted by Crippen LogP contribution is 2.22. The Morgan fingerprint density at radius 3 is 2.38 bits per heavy atom. The second-order valence-electron chi connectivity index (χ2n) is 5.80. The summed E-state index contributed by atoms with van der Waals surface area (Å²) in [7, 11) is 0. The molecule has 4 heteroatoms. The second kappa shape index (κ2) is 7.07. The van der Waals surface area contributed by atoms with Crippen LogP contribution in [0.4, 0.5) is 11.7 Å². The summed E-state index contributed by atoms with van der Waals surface area (Å²) in [5, 5.41) is 3.11. The minimum atomic E-state index is -0.0396. The maximum Gasteiger partial charge on any atom is 0.300 e. The molecule has 1 heterocycles. The summed E-state index contributed by atoms with van der Waals surface area (Å²) in [6, 6.07) is 25.0. The minimum Gasteiger partial charge on any atom is -0.423 e. The molecule has 0 radical (unpaired) electrons. The van der Waals surface area contributed by atoms with Crippen LogP contribution in [0.15, 0.2) is 89.4 Å². The number of oxazole rings is 1. The molecule has 1 N–H and O–H groups in total. The van der Waals surface area contributed by atoms with Gasteiger partial charge in [0.1, 0.15) is 5.52 Å². The first kappa shape index (κ1) is 15.8. The van der Waals surface area contributed by atoms with E-state index < -0.39 is 0 Å². The fraction of sp³-hybridized carbons (Fsp3) is 0. The molecule has 126 valence electrons. The Hall–Kier alpha value is -3.66. The largest absolute Gasteiger partial charge is 0.423 e. The van der Waals surface area contributed by atoms with E-state index >= 15 is 0 Å². The highest BCUT2D eigenvalue weighted by molar-refractivity contribution is 6.07. The van der Waals surface area contributed by atoms with Gasteiger partial charge in [-0.2, -0.15) is 4.98 Å². The molecule has 4 aromatic rings. The lowest BCUT2D eigenvalue weighted by Crippen LogP contribution is -1.95. The van der Waals surface area contributed by atoms with Crippen molar-refractivity contribution in [2.24, 2.45) is 0 Å². The number of carbonyl (C=O) groups excluding carboxylic acids is 1. The molecule has 0 aliphatic rings. The van der Waals surface area contributed by atoms with Gasteiger partial charge < -0.3 is 9.73 Å².